The van der Waals surface area contributed by atoms with Gasteiger partial charge in [-0.15, -0.1) is 0 Å². The van der Waals surface area contributed by atoms with Crippen molar-refractivity contribution in [1.29, 1.82) is 10.5 Å². The minimum atomic E-state index is -1.03. The lowest BCUT2D eigenvalue weighted by Crippen LogP contribution is -2.19. The molecule has 1 heterocycles. The maximum Gasteiger partial charge on any atom is 0.268 e. The number of H-pyrrole nitrogens is 2. The summed E-state index contributed by atoms with van der Waals surface area (Å²) in [6.07, 6.45) is 0. The number of aromatic nitrogens is 2. The van der Waals surface area contributed by atoms with Crippen LogP contribution < -0.4 is 15.0 Å². The van der Waals surface area contributed by atoms with Crippen molar-refractivity contribution >= 4 is 0 Å². The molecule has 1 aromatic carbocycles. The van der Waals surface area contributed by atoms with Crippen molar-refractivity contribution in [2.24, 2.45) is 5.92 Å². The van der Waals surface area contributed by atoms with Gasteiger partial charge < -0.3 is 14.6 Å². The summed E-state index contributed by atoms with van der Waals surface area (Å²) < 4.78 is 10.5. The van der Waals surface area contributed by atoms with Crippen LogP contribution >= 0.6 is 0 Å². The molecule has 118 valence electrons. The summed E-state index contributed by atoms with van der Waals surface area (Å²) in [5.74, 6) is -0.710. The first-order valence-corrected chi connectivity index (χ1v) is 6.85. The van der Waals surface area contributed by atoms with Crippen LogP contribution in [0.3, 0.4) is 0 Å². The Labute approximate surface area is 133 Å². The van der Waals surface area contributed by atoms with Crippen LogP contribution in [0.1, 0.15) is 22.7 Å². The van der Waals surface area contributed by atoms with Crippen LogP contribution in [0.4, 0.5) is 0 Å². The number of nitriles is 2. The van der Waals surface area contributed by atoms with Gasteiger partial charge in [0.2, 0.25) is 0 Å². The molecule has 2 aromatic rings. The van der Waals surface area contributed by atoms with Gasteiger partial charge in [-0.25, -0.2) is 0 Å². The van der Waals surface area contributed by atoms with Gasteiger partial charge in [-0.3, -0.25) is 9.89 Å². The number of benzene rings is 1. The number of hydrogen-bond donors (Lipinski definition) is 2. The normalized spacial score (nSPS) is 11.6. The van der Waals surface area contributed by atoms with Crippen LogP contribution in [0, 0.1) is 35.5 Å². The van der Waals surface area contributed by atoms with Gasteiger partial charge in [-0.1, -0.05) is 0 Å². The smallest absolute Gasteiger partial charge is 0.268 e. The summed E-state index contributed by atoms with van der Waals surface area (Å²) in [5, 5.41) is 23.9. The molecule has 0 unspecified atom stereocenters. The number of nitrogens with one attached hydrogen (secondary N) is 2. The van der Waals surface area contributed by atoms with E-state index in [9.17, 15) is 15.3 Å². The van der Waals surface area contributed by atoms with Gasteiger partial charge in [-0.05, 0) is 24.6 Å². The van der Waals surface area contributed by atoms with E-state index < -0.39 is 11.8 Å². The lowest BCUT2D eigenvalue weighted by molar-refractivity contribution is 0.392. The molecule has 23 heavy (non-hydrogen) atoms. The Hall–Kier alpha value is -3.19. The molecule has 0 spiro atoms. The standard InChI is InChI=1S/C16H16N4O3/c1-9-14(16(21)20-19-9)15(11(7-17)8-18)10-4-12(22-2)6-13(5-10)23-3/h4-6,11,15H,1-3H3,(H2,19,20,21)/t15-/m1/s1. The number of methoxy groups -OCH3 is 2. The Bertz CT molecular complexity index is 802. The fourth-order valence-corrected chi connectivity index (χ4v) is 2.54. The Balaban J connectivity index is 2.72. The molecule has 1 aromatic heterocycles. The lowest BCUT2D eigenvalue weighted by atomic mass is 9.82. The summed E-state index contributed by atoms with van der Waals surface area (Å²) >= 11 is 0. The van der Waals surface area contributed by atoms with Crippen LogP contribution in [-0.4, -0.2) is 24.4 Å². The van der Waals surface area contributed by atoms with E-state index in [0.717, 1.165) is 0 Å². The van der Waals surface area contributed by atoms with Crippen molar-refractivity contribution in [1.82, 2.24) is 10.2 Å². The van der Waals surface area contributed by atoms with E-state index in [4.69, 9.17) is 9.47 Å². The van der Waals surface area contributed by atoms with Crippen molar-refractivity contribution < 1.29 is 9.47 Å². The molecular weight excluding hydrogens is 296 g/mol. The molecule has 0 aliphatic carbocycles. The third-order valence-electron chi connectivity index (χ3n) is 3.67. The zero-order chi connectivity index (χ0) is 17.0. The van der Waals surface area contributed by atoms with Gasteiger partial charge in [0.05, 0.1) is 26.4 Å². The molecule has 0 aliphatic heterocycles. The number of aromatic amines is 2. The van der Waals surface area contributed by atoms with E-state index in [-0.39, 0.29) is 5.56 Å². The molecule has 0 amide bonds. The largest absolute Gasteiger partial charge is 0.497 e. The van der Waals surface area contributed by atoms with E-state index in [2.05, 4.69) is 10.2 Å². The van der Waals surface area contributed by atoms with E-state index >= 15 is 0 Å². The zero-order valence-electron chi connectivity index (χ0n) is 13.0. The summed E-state index contributed by atoms with van der Waals surface area (Å²) in [5.41, 5.74) is 1.18. The summed E-state index contributed by atoms with van der Waals surface area (Å²) in [4.78, 5) is 12.1. The quantitative estimate of drug-likeness (QED) is 0.874. The molecule has 7 nitrogen and oxygen atoms in total. The monoisotopic (exact) mass is 312 g/mol. The van der Waals surface area contributed by atoms with Crippen LogP contribution in [0.2, 0.25) is 0 Å². The molecule has 0 radical (unpaired) electrons. The van der Waals surface area contributed by atoms with Crippen molar-refractivity contribution in [3.8, 4) is 23.6 Å². The van der Waals surface area contributed by atoms with E-state index in [0.29, 0.717) is 28.3 Å². The predicted molar refractivity (Wildman–Crippen MR) is 82.3 cm³/mol. The maximum absolute atomic E-state index is 12.1. The van der Waals surface area contributed by atoms with Gasteiger partial charge in [-0.2, -0.15) is 10.5 Å². The fourth-order valence-electron chi connectivity index (χ4n) is 2.54. The first kappa shape index (κ1) is 16.2. The zero-order valence-corrected chi connectivity index (χ0v) is 13.0. The van der Waals surface area contributed by atoms with E-state index in [1.165, 1.54) is 14.2 Å². The fraction of sp³-hybridized carbons (Fsp3) is 0.312. The average Bonchev–Trinajstić information content (AvgIpc) is 2.90. The first-order valence-electron chi connectivity index (χ1n) is 6.85. The minimum Gasteiger partial charge on any atom is -0.497 e. The third-order valence-corrected chi connectivity index (χ3v) is 3.67. The highest BCUT2D eigenvalue weighted by molar-refractivity contribution is 5.45. The molecule has 0 saturated carbocycles. The highest BCUT2D eigenvalue weighted by Crippen LogP contribution is 2.35. The highest BCUT2D eigenvalue weighted by atomic mass is 16.5. The van der Waals surface area contributed by atoms with Crippen molar-refractivity contribution in [2.75, 3.05) is 14.2 Å². The second-order valence-corrected chi connectivity index (χ2v) is 4.98. The molecule has 1 atom stereocenters. The Kier molecular flexibility index (Phi) is 4.72. The second kappa shape index (κ2) is 6.71. The Morgan fingerprint density at radius 2 is 1.61 bits per heavy atom. The summed E-state index contributed by atoms with van der Waals surface area (Å²) in [7, 11) is 3.02. The number of aryl methyl sites for hydroxylation is 1. The number of ether oxygens (including phenoxy) is 2. The number of rotatable bonds is 5. The molecule has 7 heteroatoms. The van der Waals surface area contributed by atoms with Crippen LogP contribution in [0.5, 0.6) is 11.5 Å². The summed E-state index contributed by atoms with van der Waals surface area (Å²) in [6.45, 7) is 1.71. The molecular formula is C16H16N4O3. The van der Waals surface area contributed by atoms with E-state index in [1.54, 1.807) is 25.1 Å². The molecule has 0 saturated heterocycles. The summed E-state index contributed by atoms with van der Waals surface area (Å²) in [6, 6.07) is 8.99. The number of hydrogen-bond acceptors (Lipinski definition) is 5. The van der Waals surface area contributed by atoms with Gasteiger partial charge in [0.1, 0.15) is 17.4 Å². The molecule has 0 bridgehead atoms. The predicted octanol–water partition coefficient (Wildman–Crippen LogP) is 1.82. The molecule has 2 rings (SSSR count). The molecule has 2 N–H and O–H groups in total. The van der Waals surface area contributed by atoms with Gasteiger partial charge in [0.25, 0.3) is 5.56 Å². The second-order valence-electron chi connectivity index (χ2n) is 4.98. The number of nitrogens with zero attached hydrogens (tertiary/aromatic N) is 2. The van der Waals surface area contributed by atoms with Crippen LogP contribution in [0.25, 0.3) is 0 Å². The average molecular weight is 312 g/mol. The Morgan fingerprint density at radius 3 is 2.00 bits per heavy atom. The van der Waals surface area contributed by atoms with Crippen molar-refractivity contribution in [2.45, 2.75) is 12.8 Å². The maximum atomic E-state index is 12.1. The molecule has 0 fully saturated rings. The topological polar surface area (TPSA) is 115 Å². The van der Waals surface area contributed by atoms with E-state index in [1.807, 2.05) is 12.1 Å². The van der Waals surface area contributed by atoms with Crippen molar-refractivity contribution in [3.63, 3.8) is 0 Å². The first-order chi connectivity index (χ1) is 11.0. The minimum absolute atomic E-state index is 0.355. The van der Waals surface area contributed by atoms with Crippen molar-refractivity contribution in [3.05, 3.63) is 45.4 Å². The van der Waals surface area contributed by atoms with Gasteiger partial charge in [0.15, 0.2) is 0 Å². The third kappa shape index (κ3) is 3.04. The lowest BCUT2D eigenvalue weighted by Gasteiger charge is -2.18. The van der Waals surface area contributed by atoms with Gasteiger partial charge in [0, 0.05) is 23.2 Å². The SMILES string of the molecule is COc1cc(OC)cc([C@@H](c2c(C)[nH][nH]c2=O)C(C#N)C#N)c1. The van der Waals surface area contributed by atoms with Crippen LogP contribution in [0.15, 0.2) is 23.0 Å². The molecule has 0 aliphatic rings. The highest BCUT2D eigenvalue weighted by Gasteiger charge is 2.30. The Morgan fingerprint density at radius 1 is 1.04 bits per heavy atom. The van der Waals surface area contributed by atoms with Crippen LogP contribution in [-0.2, 0) is 0 Å². The van der Waals surface area contributed by atoms with Gasteiger partial charge >= 0.3 is 0 Å².